The summed E-state index contributed by atoms with van der Waals surface area (Å²) in [5, 5.41) is 10.8. The van der Waals surface area contributed by atoms with E-state index in [-0.39, 0.29) is 17.6 Å². The van der Waals surface area contributed by atoms with Gasteiger partial charge in [0.25, 0.3) is 0 Å². The Kier molecular flexibility index (Phi) is 5.02. The molecule has 2 aromatic carbocycles. The molecule has 3 heterocycles. The fourth-order valence-corrected chi connectivity index (χ4v) is 4.17. The van der Waals surface area contributed by atoms with Crippen LogP contribution in [0.4, 0.5) is 0 Å². The SMILES string of the molecule is O=c1cc(CN2CCN(Cc3ccc4c(c3)OCO4)CC2)c2cc(Cl)c(O)cc2o1. The molecule has 1 N–H and O–H groups in total. The van der Waals surface area contributed by atoms with Gasteiger partial charge in [0, 0.05) is 56.8 Å². The van der Waals surface area contributed by atoms with Crippen molar-refractivity contribution in [3.63, 3.8) is 0 Å². The highest BCUT2D eigenvalue weighted by Gasteiger charge is 2.20. The van der Waals surface area contributed by atoms with E-state index < -0.39 is 5.63 Å². The number of hydrogen-bond donors (Lipinski definition) is 1. The minimum Gasteiger partial charge on any atom is -0.506 e. The van der Waals surface area contributed by atoms with E-state index in [2.05, 4.69) is 15.9 Å². The number of halogens is 1. The van der Waals surface area contributed by atoms with E-state index in [4.69, 9.17) is 25.5 Å². The highest BCUT2D eigenvalue weighted by molar-refractivity contribution is 6.32. The van der Waals surface area contributed by atoms with Crippen LogP contribution in [0.5, 0.6) is 17.2 Å². The topological polar surface area (TPSA) is 75.4 Å². The van der Waals surface area contributed by atoms with Gasteiger partial charge in [0.1, 0.15) is 11.3 Å². The molecule has 1 fully saturated rings. The first-order valence-electron chi connectivity index (χ1n) is 9.84. The van der Waals surface area contributed by atoms with Gasteiger partial charge in [-0.25, -0.2) is 4.79 Å². The second-order valence-corrected chi connectivity index (χ2v) is 8.04. The van der Waals surface area contributed by atoms with E-state index in [1.54, 1.807) is 6.07 Å². The van der Waals surface area contributed by atoms with Gasteiger partial charge in [0.2, 0.25) is 6.79 Å². The molecule has 0 radical (unpaired) electrons. The van der Waals surface area contributed by atoms with E-state index in [0.29, 0.717) is 12.1 Å². The summed E-state index contributed by atoms with van der Waals surface area (Å²) in [7, 11) is 0. The Hall–Kier alpha value is -2.74. The van der Waals surface area contributed by atoms with Gasteiger partial charge >= 0.3 is 5.63 Å². The van der Waals surface area contributed by atoms with E-state index in [0.717, 1.165) is 55.2 Å². The van der Waals surface area contributed by atoms with Crippen LogP contribution in [0.1, 0.15) is 11.1 Å². The molecule has 0 amide bonds. The summed E-state index contributed by atoms with van der Waals surface area (Å²) in [6.07, 6.45) is 0. The summed E-state index contributed by atoms with van der Waals surface area (Å²) in [6.45, 7) is 5.40. The summed E-state index contributed by atoms with van der Waals surface area (Å²) < 4.78 is 16.1. The number of nitrogens with zero attached hydrogens (tertiary/aromatic N) is 2. The van der Waals surface area contributed by atoms with Crippen LogP contribution >= 0.6 is 11.6 Å². The Morgan fingerprint density at radius 3 is 2.47 bits per heavy atom. The molecule has 156 valence electrons. The van der Waals surface area contributed by atoms with Crippen LogP contribution in [0.2, 0.25) is 5.02 Å². The summed E-state index contributed by atoms with van der Waals surface area (Å²) in [4.78, 5) is 16.7. The van der Waals surface area contributed by atoms with Crippen LogP contribution in [0, 0.1) is 0 Å². The zero-order chi connectivity index (χ0) is 20.7. The Balaban J connectivity index is 1.25. The summed E-state index contributed by atoms with van der Waals surface area (Å²) in [5.74, 6) is 1.52. The van der Waals surface area contributed by atoms with Crippen LogP contribution < -0.4 is 15.1 Å². The maximum Gasteiger partial charge on any atom is 0.336 e. The third kappa shape index (κ3) is 3.84. The molecule has 2 aliphatic heterocycles. The lowest BCUT2D eigenvalue weighted by Crippen LogP contribution is -2.45. The van der Waals surface area contributed by atoms with E-state index in [1.165, 1.54) is 17.7 Å². The molecule has 1 aromatic heterocycles. The van der Waals surface area contributed by atoms with Gasteiger partial charge in [0.05, 0.1) is 5.02 Å². The number of aromatic hydroxyl groups is 1. The van der Waals surface area contributed by atoms with Crippen molar-refractivity contribution in [2.45, 2.75) is 13.1 Å². The number of fused-ring (bicyclic) bond motifs is 2. The molecular formula is C22H21ClN2O5. The van der Waals surface area contributed by atoms with Crippen LogP contribution in [-0.4, -0.2) is 47.9 Å². The number of piperazine rings is 1. The normalized spacial score (nSPS) is 17.0. The first kappa shape index (κ1) is 19.2. The van der Waals surface area contributed by atoms with Gasteiger partial charge < -0.3 is 19.0 Å². The third-order valence-electron chi connectivity index (χ3n) is 5.60. The molecule has 8 heteroatoms. The smallest absolute Gasteiger partial charge is 0.336 e. The predicted octanol–water partition coefficient (Wildman–Crippen LogP) is 3.20. The molecule has 3 aromatic rings. The standard InChI is InChI=1S/C22H21ClN2O5/c23-17-9-16-15(8-22(27)30-20(16)10-18(17)26)12-25-5-3-24(4-6-25)11-14-1-2-19-21(7-14)29-13-28-19/h1-2,7-10,26H,3-6,11-13H2. The van der Waals surface area contributed by atoms with Crippen LogP contribution in [0.25, 0.3) is 11.0 Å². The van der Waals surface area contributed by atoms with Gasteiger partial charge in [-0.3, -0.25) is 9.80 Å². The Labute approximate surface area is 178 Å². The van der Waals surface area contributed by atoms with Crippen molar-refractivity contribution in [2.24, 2.45) is 0 Å². The van der Waals surface area contributed by atoms with Gasteiger partial charge in [-0.1, -0.05) is 17.7 Å². The Morgan fingerprint density at radius 2 is 1.67 bits per heavy atom. The van der Waals surface area contributed by atoms with Crippen LogP contribution in [-0.2, 0) is 13.1 Å². The summed E-state index contributed by atoms with van der Waals surface area (Å²) in [6, 6.07) is 10.6. The van der Waals surface area contributed by atoms with Crippen molar-refractivity contribution in [2.75, 3.05) is 33.0 Å². The van der Waals surface area contributed by atoms with Crippen LogP contribution in [0.3, 0.4) is 0 Å². The lowest BCUT2D eigenvalue weighted by molar-refractivity contribution is 0.122. The third-order valence-corrected chi connectivity index (χ3v) is 5.90. The van der Waals surface area contributed by atoms with Crippen molar-refractivity contribution in [1.29, 1.82) is 0 Å². The molecule has 30 heavy (non-hydrogen) atoms. The van der Waals surface area contributed by atoms with Gasteiger partial charge in [-0.05, 0) is 29.3 Å². The molecule has 7 nitrogen and oxygen atoms in total. The molecule has 5 rings (SSSR count). The first-order chi connectivity index (χ1) is 14.5. The predicted molar refractivity (Wildman–Crippen MR) is 112 cm³/mol. The molecule has 0 spiro atoms. The number of phenolic OH excluding ortho intramolecular Hbond substituents is 1. The Bertz CT molecular complexity index is 1150. The number of phenols is 1. The minimum absolute atomic E-state index is 0.0957. The minimum atomic E-state index is -0.430. The average Bonchev–Trinajstić information content (AvgIpc) is 3.19. The van der Waals surface area contributed by atoms with Crippen molar-refractivity contribution >= 4 is 22.6 Å². The zero-order valence-corrected chi connectivity index (χ0v) is 17.0. The second-order valence-electron chi connectivity index (χ2n) is 7.63. The fraction of sp³-hybridized carbons (Fsp3) is 0.318. The van der Waals surface area contributed by atoms with Crippen molar-refractivity contribution < 1.29 is 19.0 Å². The van der Waals surface area contributed by atoms with Gasteiger partial charge in [0.15, 0.2) is 11.5 Å². The summed E-state index contributed by atoms with van der Waals surface area (Å²) >= 11 is 6.07. The highest BCUT2D eigenvalue weighted by atomic mass is 35.5. The zero-order valence-electron chi connectivity index (χ0n) is 16.3. The lowest BCUT2D eigenvalue weighted by Gasteiger charge is -2.34. The molecule has 0 saturated carbocycles. The number of rotatable bonds is 4. The summed E-state index contributed by atoms with van der Waals surface area (Å²) in [5.41, 5.74) is 1.97. The maximum absolute atomic E-state index is 12.0. The van der Waals surface area contributed by atoms with E-state index in [1.807, 2.05) is 12.1 Å². The van der Waals surface area contributed by atoms with Crippen molar-refractivity contribution in [3.8, 4) is 17.2 Å². The molecule has 0 aliphatic carbocycles. The highest BCUT2D eigenvalue weighted by Crippen LogP contribution is 2.33. The molecule has 1 saturated heterocycles. The van der Waals surface area contributed by atoms with Gasteiger partial charge in [-0.2, -0.15) is 0 Å². The quantitative estimate of drug-likeness (QED) is 0.639. The fourth-order valence-electron chi connectivity index (χ4n) is 4.01. The Morgan fingerprint density at radius 1 is 0.933 bits per heavy atom. The lowest BCUT2D eigenvalue weighted by atomic mass is 10.1. The average molecular weight is 429 g/mol. The number of hydrogen-bond acceptors (Lipinski definition) is 7. The number of ether oxygens (including phenoxy) is 2. The first-order valence-corrected chi connectivity index (χ1v) is 10.2. The molecule has 0 unspecified atom stereocenters. The molecule has 0 atom stereocenters. The maximum atomic E-state index is 12.0. The largest absolute Gasteiger partial charge is 0.506 e. The van der Waals surface area contributed by atoms with Crippen molar-refractivity contribution in [1.82, 2.24) is 9.80 Å². The van der Waals surface area contributed by atoms with Gasteiger partial charge in [-0.15, -0.1) is 0 Å². The van der Waals surface area contributed by atoms with Crippen molar-refractivity contribution in [3.05, 3.63) is 63.0 Å². The number of benzene rings is 2. The monoisotopic (exact) mass is 428 g/mol. The molecule has 2 aliphatic rings. The van der Waals surface area contributed by atoms with Crippen LogP contribution in [0.15, 0.2) is 45.6 Å². The molecule has 0 bridgehead atoms. The van der Waals surface area contributed by atoms with E-state index >= 15 is 0 Å². The molecular weight excluding hydrogens is 408 g/mol. The van der Waals surface area contributed by atoms with E-state index in [9.17, 15) is 9.90 Å². The second kappa shape index (κ2) is 7.83.